The second-order valence-electron chi connectivity index (χ2n) is 5.18. The monoisotopic (exact) mass is 321 g/mol. The number of rotatable bonds is 7. The Morgan fingerprint density at radius 3 is 2.78 bits per heavy atom. The lowest BCUT2D eigenvalue weighted by molar-refractivity contribution is -0.148. The van der Waals surface area contributed by atoms with Gasteiger partial charge in [0.25, 0.3) is 0 Å². The van der Waals surface area contributed by atoms with Crippen molar-refractivity contribution < 1.29 is 23.3 Å². The maximum Gasteiger partial charge on any atom is 0.325 e. The molecule has 8 heteroatoms. The zero-order valence-electron chi connectivity index (χ0n) is 13.3. The Labute approximate surface area is 133 Å². The summed E-state index contributed by atoms with van der Waals surface area (Å²) in [6.45, 7) is 3.60. The number of furan rings is 1. The topological polar surface area (TPSA) is 98.7 Å². The number of amides is 1. The number of aromatic nitrogens is 2. The van der Waals surface area contributed by atoms with E-state index < -0.39 is 5.97 Å². The van der Waals surface area contributed by atoms with Crippen LogP contribution in [0.25, 0.3) is 11.6 Å². The van der Waals surface area contributed by atoms with Crippen molar-refractivity contribution in [3.8, 4) is 11.6 Å². The molecule has 0 saturated carbocycles. The number of aryl methyl sites for hydroxylation is 1. The Hall–Kier alpha value is -2.64. The summed E-state index contributed by atoms with van der Waals surface area (Å²) in [6, 6.07) is 3.33. The van der Waals surface area contributed by atoms with E-state index in [9.17, 15) is 9.59 Å². The molecular weight excluding hydrogens is 302 g/mol. The molecule has 0 aliphatic rings. The van der Waals surface area contributed by atoms with Gasteiger partial charge in [0.15, 0.2) is 5.76 Å². The molecule has 0 radical (unpaired) electrons. The van der Waals surface area contributed by atoms with E-state index in [1.807, 2.05) is 13.8 Å². The molecular formula is C15H19N3O5. The fourth-order valence-corrected chi connectivity index (χ4v) is 1.98. The molecule has 2 heterocycles. The molecule has 8 nitrogen and oxygen atoms in total. The quantitative estimate of drug-likeness (QED) is 0.715. The average Bonchev–Trinajstić information content (AvgIpc) is 3.20. The first kappa shape index (κ1) is 16.7. The molecule has 0 spiro atoms. The standard InChI is InChI=1S/C15H19N3O5/c1-10(2)18(9-14(20)21-3)13(19)7-6-12-16-15(17-23-12)11-5-4-8-22-11/h4-5,8,10H,6-7,9H2,1-3H3. The van der Waals surface area contributed by atoms with Crippen LogP contribution in [-0.2, 0) is 20.7 Å². The predicted molar refractivity (Wildman–Crippen MR) is 79.2 cm³/mol. The maximum atomic E-state index is 12.3. The predicted octanol–water partition coefficient (Wildman–Crippen LogP) is 1.67. The molecule has 2 aromatic rings. The number of carbonyl (C=O) groups excluding carboxylic acids is 2. The SMILES string of the molecule is COC(=O)CN(C(=O)CCc1nc(-c2ccco2)no1)C(C)C. The van der Waals surface area contributed by atoms with Crippen molar-refractivity contribution in [1.29, 1.82) is 0 Å². The van der Waals surface area contributed by atoms with Crippen LogP contribution in [0.5, 0.6) is 0 Å². The number of ether oxygens (including phenoxy) is 1. The van der Waals surface area contributed by atoms with Gasteiger partial charge in [0.1, 0.15) is 6.54 Å². The van der Waals surface area contributed by atoms with Gasteiger partial charge in [-0.3, -0.25) is 9.59 Å². The first-order chi connectivity index (χ1) is 11.0. The van der Waals surface area contributed by atoms with Crippen LogP contribution in [0.4, 0.5) is 0 Å². The van der Waals surface area contributed by atoms with Gasteiger partial charge in [0, 0.05) is 18.9 Å². The Balaban J connectivity index is 1.93. The summed E-state index contributed by atoms with van der Waals surface area (Å²) in [5.74, 6) is 0.549. The molecule has 0 saturated heterocycles. The van der Waals surface area contributed by atoms with Gasteiger partial charge in [-0.1, -0.05) is 5.16 Å². The number of methoxy groups -OCH3 is 1. The number of esters is 1. The summed E-state index contributed by atoms with van der Waals surface area (Å²) in [4.78, 5) is 29.3. The van der Waals surface area contributed by atoms with Crippen molar-refractivity contribution >= 4 is 11.9 Å². The van der Waals surface area contributed by atoms with Crippen molar-refractivity contribution in [3.63, 3.8) is 0 Å². The van der Waals surface area contributed by atoms with Crippen LogP contribution in [0.1, 0.15) is 26.2 Å². The maximum absolute atomic E-state index is 12.3. The molecule has 0 N–H and O–H groups in total. The Morgan fingerprint density at radius 1 is 1.39 bits per heavy atom. The zero-order chi connectivity index (χ0) is 16.8. The fourth-order valence-electron chi connectivity index (χ4n) is 1.98. The number of carbonyl (C=O) groups is 2. The highest BCUT2D eigenvalue weighted by Crippen LogP contribution is 2.16. The molecule has 0 fully saturated rings. The molecule has 0 aliphatic carbocycles. The van der Waals surface area contributed by atoms with Gasteiger partial charge in [0.2, 0.25) is 17.6 Å². The van der Waals surface area contributed by atoms with Crippen LogP contribution in [-0.4, -0.2) is 46.6 Å². The van der Waals surface area contributed by atoms with E-state index in [2.05, 4.69) is 14.9 Å². The molecule has 2 rings (SSSR count). The minimum absolute atomic E-state index is 0.0749. The van der Waals surface area contributed by atoms with Crippen molar-refractivity contribution in [2.45, 2.75) is 32.7 Å². The highest BCUT2D eigenvalue weighted by molar-refractivity contribution is 5.82. The van der Waals surface area contributed by atoms with E-state index in [1.54, 1.807) is 12.1 Å². The second kappa shape index (κ2) is 7.57. The third-order valence-corrected chi connectivity index (χ3v) is 3.23. The van der Waals surface area contributed by atoms with E-state index >= 15 is 0 Å². The van der Waals surface area contributed by atoms with E-state index in [0.717, 1.165) is 0 Å². The van der Waals surface area contributed by atoms with Crippen LogP contribution in [0.2, 0.25) is 0 Å². The van der Waals surface area contributed by atoms with E-state index in [4.69, 9.17) is 8.94 Å². The summed E-state index contributed by atoms with van der Waals surface area (Å²) >= 11 is 0. The highest BCUT2D eigenvalue weighted by Gasteiger charge is 2.21. The second-order valence-corrected chi connectivity index (χ2v) is 5.18. The highest BCUT2D eigenvalue weighted by atomic mass is 16.5. The first-order valence-corrected chi connectivity index (χ1v) is 7.24. The van der Waals surface area contributed by atoms with Gasteiger partial charge < -0.3 is 18.6 Å². The Kier molecular flexibility index (Phi) is 5.51. The molecule has 0 aliphatic heterocycles. The van der Waals surface area contributed by atoms with Crippen LogP contribution >= 0.6 is 0 Å². The van der Waals surface area contributed by atoms with Gasteiger partial charge in [-0.25, -0.2) is 0 Å². The van der Waals surface area contributed by atoms with Gasteiger partial charge in [-0.15, -0.1) is 0 Å². The van der Waals surface area contributed by atoms with Crippen LogP contribution < -0.4 is 0 Å². The van der Waals surface area contributed by atoms with Gasteiger partial charge in [-0.05, 0) is 26.0 Å². The molecule has 2 aromatic heterocycles. The minimum Gasteiger partial charge on any atom is -0.468 e. The lowest BCUT2D eigenvalue weighted by Gasteiger charge is -2.25. The van der Waals surface area contributed by atoms with Crippen LogP contribution in [0.15, 0.2) is 27.3 Å². The third kappa shape index (κ3) is 4.41. The summed E-state index contributed by atoms with van der Waals surface area (Å²) in [5.41, 5.74) is 0. The van der Waals surface area contributed by atoms with E-state index in [-0.39, 0.29) is 31.3 Å². The lowest BCUT2D eigenvalue weighted by Crippen LogP contribution is -2.41. The summed E-state index contributed by atoms with van der Waals surface area (Å²) < 4.78 is 14.9. The number of hydrogen-bond acceptors (Lipinski definition) is 7. The number of hydrogen-bond donors (Lipinski definition) is 0. The Morgan fingerprint density at radius 2 is 2.17 bits per heavy atom. The molecule has 0 unspecified atom stereocenters. The van der Waals surface area contributed by atoms with Crippen molar-refractivity contribution in [3.05, 3.63) is 24.3 Å². The normalized spacial score (nSPS) is 10.8. The molecule has 23 heavy (non-hydrogen) atoms. The average molecular weight is 321 g/mol. The Bertz CT molecular complexity index is 648. The van der Waals surface area contributed by atoms with Crippen LogP contribution in [0.3, 0.4) is 0 Å². The summed E-state index contributed by atoms with van der Waals surface area (Å²) in [6.07, 6.45) is 1.97. The molecule has 1 amide bonds. The van der Waals surface area contributed by atoms with E-state index in [1.165, 1.54) is 18.3 Å². The summed E-state index contributed by atoms with van der Waals surface area (Å²) in [5, 5.41) is 3.80. The lowest BCUT2D eigenvalue weighted by atomic mass is 10.2. The minimum atomic E-state index is -0.454. The van der Waals surface area contributed by atoms with Crippen molar-refractivity contribution in [2.24, 2.45) is 0 Å². The number of nitrogens with zero attached hydrogens (tertiary/aromatic N) is 3. The molecule has 0 bridgehead atoms. The van der Waals surface area contributed by atoms with Gasteiger partial charge in [-0.2, -0.15) is 4.98 Å². The zero-order valence-corrected chi connectivity index (χ0v) is 13.3. The smallest absolute Gasteiger partial charge is 0.325 e. The largest absolute Gasteiger partial charge is 0.468 e. The first-order valence-electron chi connectivity index (χ1n) is 7.24. The van der Waals surface area contributed by atoms with E-state index in [0.29, 0.717) is 17.5 Å². The molecule has 124 valence electrons. The summed E-state index contributed by atoms with van der Waals surface area (Å²) in [7, 11) is 1.29. The molecule has 0 aromatic carbocycles. The third-order valence-electron chi connectivity index (χ3n) is 3.23. The fraction of sp³-hybridized carbons (Fsp3) is 0.467. The van der Waals surface area contributed by atoms with Crippen molar-refractivity contribution in [2.75, 3.05) is 13.7 Å². The molecule has 0 atom stereocenters. The van der Waals surface area contributed by atoms with Crippen molar-refractivity contribution in [1.82, 2.24) is 15.0 Å². The van der Waals surface area contributed by atoms with Gasteiger partial charge >= 0.3 is 5.97 Å². The van der Waals surface area contributed by atoms with Crippen LogP contribution in [0, 0.1) is 0 Å². The van der Waals surface area contributed by atoms with Gasteiger partial charge in [0.05, 0.1) is 13.4 Å².